The van der Waals surface area contributed by atoms with Crippen LogP contribution >= 0.6 is 0 Å². The molecule has 0 saturated heterocycles. The average Bonchev–Trinajstić information content (AvgIpc) is 3.05. The van der Waals surface area contributed by atoms with Crippen molar-refractivity contribution < 1.29 is 30.3 Å². The van der Waals surface area contributed by atoms with Crippen LogP contribution in [0.15, 0.2) is 48.8 Å². The molecule has 0 fully saturated rings. The molecule has 0 aliphatic heterocycles. The summed E-state index contributed by atoms with van der Waals surface area (Å²) in [5.74, 6) is 0. The third kappa shape index (κ3) is 6.48. The third-order valence-electron chi connectivity index (χ3n) is 5.41. The average molecular weight is 625 g/mol. The van der Waals surface area contributed by atoms with E-state index in [-0.39, 0.29) is 37.7 Å². The van der Waals surface area contributed by atoms with Crippen LogP contribution < -0.4 is 0 Å². The van der Waals surface area contributed by atoms with E-state index in [9.17, 15) is 0 Å². The molecular weight excluding hydrogens is 591 g/mol. The topological polar surface area (TPSA) is 71.2 Å². The Kier molecular flexibility index (Phi) is 9.33. The third-order valence-corrected chi connectivity index (χ3v) is 5.41. The molecule has 2 heterocycles. The Morgan fingerprint density at radius 3 is 2.21 bits per heavy atom. The number of rotatable bonds is 4. The maximum atomic E-state index is 8.56. The van der Waals surface area contributed by atoms with Crippen LogP contribution in [0.5, 0.6) is 0 Å². The summed E-state index contributed by atoms with van der Waals surface area (Å²) in [7, 11) is 0. The molecule has 0 aliphatic rings. The summed E-state index contributed by atoms with van der Waals surface area (Å²) in [6.45, 7) is 12.9. The maximum absolute atomic E-state index is 8.56. The Bertz CT molecular complexity index is 1190. The van der Waals surface area contributed by atoms with Crippen LogP contribution in [0.25, 0.3) is 33.1 Å². The molecule has 2 unspecified atom stereocenters. The Morgan fingerprint density at radius 1 is 0.970 bits per heavy atom. The molecule has 4 rings (SSSR count). The second kappa shape index (κ2) is 11.3. The van der Waals surface area contributed by atoms with Crippen LogP contribution in [-0.4, -0.2) is 37.0 Å². The number of hydrogen-bond donors (Lipinski definition) is 2. The van der Waals surface area contributed by atoms with Crippen LogP contribution in [0.4, 0.5) is 0 Å². The number of benzene rings is 2. The Labute approximate surface area is 210 Å². The molecular formula is C27H34IrN3O2-. The van der Waals surface area contributed by atoms with Crippen molar-refractivity contribution in [3.8, 4) is 11.3 Å². The molecule has 0 amide bonds. The molecule has 0 saturated carbocycles. The number of hydrogen-bond acceptors (Lipinski definition) is 4. The molecule has 0 aliphatic carbocycles. The summed E-state index contributed by atoms with van der Waals surface area (Å²) in [5, 5.41) is 19.7. The van der Waals surface area contributed by atoms with Gasteiger partial charge in [0.15, 0.2) is 0 Å². The second-order valence-corrected chi connectivity index (χ2v) is 9.38. The molecule has 6 heteroatoms. The minimum absolute atomic E-state index is 0. The number of fused-ring (bicyclic) bond motifs is 3. The van der Waals surface area contributed by atoms with Gasteiger partial charge in [0.1, 0.15) is 6.33 Å². The van der Waals surface area contributed by atoms with Crippen LogP contribution in [0.3, 0.4) is 0 Å². The number of aryl methyl sites for hydroxylation is 1. The van der Waals surface area contributed by atoms with E-state index in [1.54, 1.807) is 20.2 Å². The molecule has 2 aromatic carbocycles. The first-order valence-electron chi connectivity index (χ1n) is 11.2. The molecule has 0 bridgehead atoms. The second-order valence-electron chi connectivity index (χ2n) is 9.38. The standard InChI is InChI=1S/C22H22N3.C5H12O2.Ir/c1-5-25-19-9-7-6-8-16(19)17-12-15(10-11-20(17)25)18-13-21(22(2,3)4)24-14-23-18;1-4(6)3-5(2)7;/h6-9,11-14H,5H2,1-4H3;4-7H,3H2,1-2H3;/q-1;;. The first kappa shape index (κ1) is 27.1. The van der Waals surface area contributed by atoms with Crippen molar-refractivity contribution in [1.82, 2.24) is 14.5 Å². The molecule has 2 N–H and O–H groups in total. The van der Waals surface area contributed by atoms with Gasteiger partial charge in [-0.1, -0.05) is 50.4 Å². The first-order valence-corrected chi connectivity index (χ1v) is 11.2. The number of aliphatic hydroxyl groups excluding tert-OH is 2. The molecule has 1 radical (unpaired) electrons. The Morgan fingerprint density at radius 2 is 1.64 bits per heavy atom. The van der Waals surface area contributed by atoms with Crippen molar-refractivity contribution >= 4 is 21.8 Å². The van der Waals surface area contributed by atoms with Gasteiger partial charge in [-0.25, -0.2) is 4.98 Å². The molecule has 2 aromatic heterocycles. The van der Waals surface area contributed by atoms with Crippen LogP contribution in [0, 0.1) is 6.07 Å². The minimum atomic E-state index is -0.375. The van der Waals surface area contributed by atoms with Gasteiger partial charge in [0.2, 0.25) is 0 Å². The van der Waals surface area contributed by atoms with Crippen molar-refractivity contribution in [2.45, 2.75) is 72.1 Å². The van der Waals surface area contributed by atoms with Crippen molar-refractivity contribution in [3.05, 3.63) is 60.6 Å². The first-order chi connectivity index (χ1) is 15.1. The number of para-hydroxylation sites is 1. The monoisotopic (exact) mass is 625 g/mol. The van der Waals surface area contributed by atoms with Gasteiger partial charge < -0.3 is 14.8 Å². The quantitative estimate of drug-likeness (QED) is 0.294. The van der Waals surface area contributed by atoms with Gasteiger partial charge in [0.25, 0.3) is 0 Å². The van der Waals surface area contributed by atoms with Gasteiger partial charge in [0.05, 0.1) is 12.2 Å². The fourth-order valence-electron chi connectivity index (χ4n) is 3.89. The van der Waals surface area contributed by atoms with E-state index < -0.39 is 0 Å². The van der Waals surface area contributed by atoms with Crippen molar-refractivity contribution in [1.29, 1.82) is 0 Å². The van der Waals surface area contributed by atoms with Crippen LogP contribution in [0.1, 0.15) is 53.7 Å². The van der Waals surface area contributed by atoms with E-state index in [0.717, 1.165) is 23.5 Å². The molecule has 4 aromatic rings. The SMILES string of the molecule is CC(O)CC(C)O.CCn1c2c[c-]c(-c3cc(C(C)(C)C)ncn3)cc2c2ccccc21.[Ir]. The normalized spacial score (nSPS) is 13.2. The molecule has 5 nitrogen and oxygen atoms in total. The van der Waals surface area contributed by atoms with E-state index >= 15 is 0 Å². The summed E-state index contributed by atoms with van der Waals surface area (Å²) in [4.78, 5) is 8.92. The van der Waals surface area contributed by atoms with E-state index in [0.29, 0.717) is 6.42 Å². The van der Waals surface area contributed by atoms with Gasteiger partial charge in [-0.05, 0) is 49.9 Å². The van der Waals surface area contributed by atoms with E-state index in [1.165, 1.54) is 21.8 Å². The van der Waals surface area contributed by atoms with Crippen molar-refractivity contribution in [3.63, 3.8) is 0 Å². The van der Waals surface area contributed by atoms with Crippen molar-refractivity contribution in [2.24, 2.45) is 0 Å². The molecule has 33 heavy (non-hydrogen) atoms. The Hall–Kier alpha value is -2.11. The largest absolute Gasteiger partial charge is 0.393 e. The number of aromatic nitrogens is 3. The fraction of sp³-hybridized carbons (Fsp3) is 0.407. The smallest absolute Gasteiger partial charge is 0.105 e. The van der Waals surface area contributed by atoms with Gasteiger partial charge in [-0.2, -0.15) is 0 Å². The number of aliphatic hydroxyl groups is 2. The summed E-state index contributed by atoms with van der Waals surface area (Å²) in [5.41, 5.74) is 5.47. The summed E-state index contributed by atoms with van der Waals surface area (Å²) in [6.07, 6.45) is 1.38. The molecule has 179 valence electrons. The van der Waals surface area contributed by atoms with E-state index in [1.807, 2.05) is 0 Å². The molecule has 0 spiro atoms. The predicted molar refractivity (Wildman–Crippen MR) is 132 cm³/mol. The van der Waals surface area contributed by atoms with Crippen molar-refractivity contribution in [2.75, 3.05) is 0 Å². The summed E-state index contributed by atoms with van der Waals surface area (Å²) in [6, 6.07) is 18.4. The zero-order valence-electron chi connectivity index (χ0n) is 20.3. The van der Waals surface area contributed by atoms with Gasteiger partial charge >= 0.3 is 0 Å². The van der Waals surface area contributed by atoms with Crippen LogP contribution in [0.2, 0.25) is 0 Å². The fourth-order valence-corrected chi connectivity index (χ4v) is 3.89. The summed E-state index contributed by atoms with van der Waals surface area (Å²) >= 11 is 0. The van der Waals surface area contributed by atoms with Gasteiger partial charge in [0, 0.05) is 43.3 Å². The minimum Gasteiger partial charge on any atom is -0.393 e. The zero-order chi connectivity index (χ0) is 23.5. The predicted octanol–water partition coefficient (Wildman–Crippen LogP) is 5.50. The molecule has 2 atom stereocenters. The number of nitrogens with zero attached hydrogens (tertiary/aromatic N) is 3. The zero-order valence-corrected chi connectivity index (χ0v) is 22.7. The van der Waals surface area contributed by atoms with Gasteiger partial charge in [-0.15, -0.1) is 23.8 Å². The Balaban J connectivity index is 0.000000423. The van der Waals surface area contributed by atoms with Crippen LogP contribution in [-0.2, 0) is 32.1 Å². The van der Waals surface area contributed by atoms with Gasteiger partial charge in [-0.3, -0.25) is 4.98 Å². The van der Waals surface area contributed by atoms with E-state index in [2.05, 4.69) is 90.8 Å². The van der Waals surface area contributed by atoms with E-state index in [4.69, 9.17) is 10.2 Å². The summed E-state index contributed by atoms with van der Waals surface area (Å²) < 4.78 is 2.34. The maximum Gasteiger partial charge on any atom is 0.105 e.